The third-order valence-electron chi connectivity index (χ3n) is 1.63. The number of aromatic nitrogens is 2. The minimum absolute atomic E-state index is 0.293. The second kappa shape index (κ2) is 3.89. The number of nitrogens with zero attached hydrogens (tertiary/aromatic N) is 2. The molecule has 1 amide bonds. The van der Waals surface area contributed by atoms with Crippen LogP contribution in [0.1, 0.15) is 16.2 Å². The Kier molecular flexibility index (Phi) is 3.05. The van der Waals surface area contributed by atoms with Crippen LogP contribution < -0.4 is 0 Å². The molecular weight excluding hydrogens is 238 g/mol. The summed E-state index contributed by atoms with van der Waals surface area (Å²) in [5.74, 6) is -0.293. The van der Waals surface area contributed by atoms with Gasteiger partial charge in [-0.05, 0) is 22.9 Å². The van der Waals surface area contributed by atoms with Gasteiger partial charge < -0.3 is 0 Å². The second-order valence-corrected chi connectivity index (χ2v) is 3.29. The van der Waals surface area contributed by atoms with E-state index in [2.05, 4.69) is 26.1 Å². The largest absolute Gasteiger partial charge is 0.298 e. The second-order valence-electron chi connectivity index (χ2n) is 2.50. The number of carbonyl (C=O) groups excluding carboxylic acids is 1. The quantitative estimate of drug-likeness (QED) is 0.797. The van der Waals surface area contributed by atoms with E-state index >= 15 is 0 Å². The Morgan fingerprint density at radius 3 is 2.69 bits per heavy atom. The summed E-state index contributed by atoms with van der Waals surface area (Å²) in [6.45, 7) is 1.82. The van der Waals surface area contributed by atoms with Gasteiger partial charge >= 0.3 is 0 Å². The molecule has 0 aromatic carbocycles. The first-order valence-corrected chi connectivity index (χ1v) is 4.39. The Labute approximate surface area is 84.1 Å². The van der Waals surface area contributed by atoms with Gasteiger partial charge in [0.1, 0.15) is 0 Å². The van der Waals surface area contributed by atoms with Gasteiger partial charge in [0, 0.05) is 12.7 Å². The maximum Gasteiger partial charge on any atom is 0.298 e. The Morgan fingerprint density at radius 2 is 2.31 bits per heavy atom. The molecule has 0 spiro atoms. The standard InChI is InChI=1S/C7H10BrN3O2/c1-4-5(8)6(10-9-4)7(12)11(2)13-3/h1-3H3,(H,9,10). The molecule has 1 rings (SSSR count). The Balaban J connectivity index is 2.95. The lowest BCUT2D eigenvalue weighted by Gasteiger charge is -2.11. The van der Waals surface area contributed by atoms with Crippen molar-refractivity contribution in [2.45, 2.75) is 6.92 Å². The molecule has 6 heteroatoms. The van der Waals surface area contributed by atoms with Crippen LogP contribution in [-0.4, -0.2) is 35.3 Å². The Bertz CT molecular complexity index is 324. The summed E-state index contributed by atoms with van der Waals surface area (Å²) in [4.78, 5) is 16.2. The van der Waals surface area contributed by atoms with E-state index in [1.807, 2.05) is 6.92 Å². The number of H-pyrrole nitrogens is 1. The zero-order valence-corrected chi connectivity index (χ0v) is 9.17. The lowest BCUT2D eigenvalue weighted by atomic mass is 10.3. The molecule has 1 N–H and O–H groups in total. The van der Waals surface area contributed by atoms with E-state index in [9.17, 15) is 4.79 Å². The molecule has 0 unspecified atom stereocenters. The minimum atomic E-state index is -0.293. The maximum absolute atomic E-state index is 11.5. The molecule has 13 heavy (non-hydrogen) atoms. The lowest BCUT2D eigenvalue weighted by Crippen LogP contribution is -2.26. The van der Waals surface area contributed by atoms with Gasteiger partial charge in [-0.3, -0.25) is 14.7 Å². The van der Waals surface area contributed by atoms with Crippen LogP contribution in [0, 0.1) is 6.92 Å². The van der Waals surface area contributed by atoms with Crippen LogP contribution in [0.5, 0.6) is 0 Å². The van der Waals surface area contributed by atoms with Crippen molar-refractivity contribution in [1.29, 1.82) is 0 Å². The number of carbonyl (C=O) groups is 1. The molecule has 1 aromatic rings. The van der Waals surface area contributed by atoms with E-state index in [4.69, 9.17) is 4.84 Å². The smallest absolute Gasteiger partial charge is 0.281 e. The number of aromatic amines is 1. The molecular formula is C7H10BrN3O2. The van der Waals surface area contributed by atoms with E-state index in [1.165, 1.54) is 14.2 Å². The number of hydrogen-bond acceptors (Lipinski definition) is 3. The van der Waals surface area contributed by atoms with Gasteiger partial charge in [-0.15, -0.1) is 0 Å². The molecule has 0 aliphatic rings. The van der Waals surface area contributed by atoms with Gasteiger partial charge in [0.05, 0.1) is 11.6 Å². The normalized spacial score (nSPS) is 10.2. The number of hydrogen-bond donors (Lipinski definition) is 1. The Hall–Kier alpha value is -0.880. The molecule has 1 aromatic heterocycles. The molecule has 0 fully saturated rings. The fourth-order valence-corrected chi connectivity index (χ4v) is 1.14. The van der Waals surface area contributed by atoms with Gasteiger partial charge in [0.15, 0.2) is 5.69 Å². The molecule has 1 heterocycles. The van der Waals surface area contributed by atoms with Crippen LogP contribution in [0.3, 0.4) is 0 Å². The molecule has 0 radical (unpaired) electrons. The summed E-state index contributed by atoms with van der Waals surface area (Å²) in [5, 5.41) is 7.65. The summed E-state index contributed by atoms with van der Waals surface area (Å²) in [6.07, 6.45) is 0. The number of nitrogens with one attached hydrogen (secondary N) is 1. The van der Waals surface area contributed by atoms with E-state index in [0.29, 0.717) is 10.2 Å². The lowest BCUT2D eigenvalue weighted by molar-refractivity contribution is -0.0761. The Morgan fingerprint density at radius 1 is 1.69 bits per heavy atom. The number of halogens is 1. The van der Waals surface area contributed by atoms with Gasteiger partial charge in [-0.2, -0.15) is 5.10 Å². The summed E-state index contributed by atoms with van der Waals surface area (Å²) in [5.41, 5.74) is 1.13. The van der Waals surface area contributed by atoms with Crippen LogP contribution in [0.4, 0.5) is 0 Å². The van der Waals surface area contributed by atoms with Crippen molar-refractivity contribution in [2.24, 2.45) is 0 Å². The van der Waals surface area contributed by atoms with E-state index < -0.39 is 0 Å². The summed E-state index contributed by atoms with van der Waals surface area (Å²) in [7, 11) is 2.95. The maximum atomic E-state index is 11.5. The highest BCUT2D eigenvalue weighted by molar-refractivity contribution is 9.10. The molecule has 5 nitrogen and oxygen atoms in total. The van der Waals surface area contributed by atoms with E-state index in [-0.39, 0.29) is 5.91 Å². The van der Waals surface area contributed by atoms with Crippen molar-refractivity contribution in [1.82, 2.24) is 15.3 Å². The monoisotopic (exact) mass is 247 g/mol. The first-order valence-electron chi connectivity index (χ1n) is 3.60. The molecule has 72 valence electrons. The summed E-state index contributed by atoms with van der Waals surface area (Å²) < 4.78 is 0.668. The number of rotatable bonds is 2. The summed E-state index contributed by atoms with van der Waals surface area (Å²) in [6, 6.07) is 0. The van der Waals surface area contributed by atoms with Gasteiger partial charge in [-0.25, -0.2) is 5.06 Å². The van der Waals surface area contributed by atoms with E-state index in [0.717, 1.165) is 10.8 Å². The average molecular weight is 248 g/mol. The number of aryl methyl sites for hydroxylation is 1. The van der Waals surface area contributed by atoms with Gasteiger partial charge in [-0.1, -0.05) is 0 Å². The van der Waals surface area contributed by atoms with Crippen LogP contribution >= 0.6 is 15.9 Å². The third kappa shape index (κ3) is 1.89. The molecule has 0 saturated heterocycles. The molecule has 0 atom stereocenters. The predicted molar refractivity (Wildman–Crippen MR) is 50.1 cm³/mol. The van der Waals surface area contributed by atoms with Crippen molar-refractivity contribution in [2.75, 3.05) is 14.2 Å². The molecule has 0 saturated carbocycles. The number of amides is 1. The van der Waals surface area contributed by atoms with Crippen LogP contribution in [0.15, 0.2) is 4.47 Å². The van der Waals surface area contributed by atoms with Crippen LogP contribution in [-0.2, 0) is 4.84 Å². The van der Waals surface area contributed by atoms with Crippen molar-refractivity contribution >= 4 is 21.8 Å². The third-order valence-corrected chi connectivity index (χ3v) is 2.61. The first kappa shape index (κ1) is 10.2. The minimum Gasteiger partial charge on any atom is -0.281 e. The van der Waals surface area contributed by atoms with Crippen molar-refractivity contribution < 1.29 is 9.63 Å². The van der Waals surface area contributed by atoms with E-state index in [1.54, 1.807) is 0 Å². The topological polar surface area (TPSA) is 58.2 Å². The summed E-state index contributed by atoms with van der Waals surface area (Å²) >= 11 is 3.25. The van der Waals surface area contributed by atoms with Crippen molar-refractivity contribution in [3.8, 4) is 0 Å². The zero-order valence-electron chi connectivity index (χ0n) is 7.59. The highest BCUT2D eigenvalue weighted by Gasteiger charge is 2.19. The molecule has 0 aliphatic heterocycles. The molecule has 0 bridgehead atoms. The van der Waals surface area contributed by atoms with Gasteiger partial charge in [0.2, 0.25) is 0 Å². The molecule has 0 aliphatic carbocycles. The zero-order chi connectivity index (χ0) is 10.0. The van der Waals surface area contributed by atoms with Crippen molar-refractivity contribution in [3.63, 3.8) is 0 Å². The fraction of sp³-hybridized carbons (Fsp3) is 0.429. The van der Waals surface area contributed by atoms with Crippen LogP contribution in [0.25, 0.3) is 0 Å². The van der Waals surface area contributed by atoms with Crippen molar-refractivity contribution in [3.05, 3.63) is 15.9 Å². The SMILES string of the molecule is CON(C)C(=O)c1n[nH]c(C)c1Br. The average Bonchev–Trinajstić information content (AvgIpc) is 2.45. The predicted octanol–water partition coefficient (Wildman–Crippen LogP) is 1.11. The highest BCUT2D eigenvalue weighted by Crippen LogP contribution is 2.18. The van der Waals surface area contributed by atoms with Crippen LogP contribution in [0.2, 0.25) is 0 Å². The fourth-order valence-electron chi connectivity index (χ4n) is 0.789. The number of hydroxylamine groups is 2. The first-order chi connectivity index (χ1) is 6.07. The van der Waals surface area contributed by atoms with Gasteiger partial charge in [0.25, 0.3) is 5.91 Å². The highest BCUT2D eigenvalue weighted by atomic mass is 79.9.